The molecule has 0 fully saturated rings. The van der Waals surface area contributed by atoms with Gasteiger partial charge >= 0.3 is 0 Å². The Kier molecular flexibility index (Phi) is 4.58. The van der Waals surface area contributed by atoms with E-state index in [-0.39, 0.29) is 6.10 Å². The third-order valence-corrected chi connectivity index (χ3v) is 2.94. The lowest BCUT2D eigenvalue weighted by atomic mass is 10.1. The van der Waals surface area contributed by atoms with Gasteiger partial charge in [-0.2, -0.15) is 0 Å². The minimum Gasteiger partial charge on any atom is -0.489 e. The highest BCUT2D eigenvalue weighted by Crippen LogP contribution is 2.15. The first-order valence-electron chi connectivity index (χ1n) is 6.59. The van der Waals surface area contributed by atoms with Crippen LogP contribution in [-0.2, 0) is 13.0 Å². The van der Waals surface area contributed by atoms with Crippen molar-refractivity contribution in [2.75, 3.05) is 0 Å². The van der Waals surface area contributed by atoms with Crippen molar-refractivity contribution >= 4 is 0 Å². The zero-order chi connectivity index (χ0) is 13.7. The maximum absolute atomic E-state index is 9.32. The van der Waals surface area contributed by atoms with E-state index in [4.69, 9.17) is 4.74 Å². The Morgan fingerprint density at radius 2 is 1.79 bits per heavy atom. The van der Waals surface area contributed by atoms with Gasteiger partial charge in [0.25, 0.3) is 0 Å². The van der Waals surface area contributed by atoms with Gasteiger partial charge in [0, 0.05) is 0 Å². The second-order valence-electron chi connectivity index (χ2n) is 4.97. The van der Waals surface area contributed by atoms with E-state index in [1.807, 2.05) is 30.3 Å². The van der Waals surface area contributed by atoms with Gasteiger partial charge in [-0.3, -0.25) is 0 Å². The standard InChI is InChI=1S/C17H20O2/c1-13-4-3-5-16(10-13)12-19-17-8-6-15(7-9-17)11-14(2)18/h3-10,14,18H,11-12H2,1-2H3. The molecule has 2 rings (SSSR count). The molecule has 0 saturated heterocycles. The summed E-state index contributed by atoms with van der Waals surface area (Å²) >= 11 is 0. The van der Waals surface area contributed by atoms with Gasteiger partial charge in [0.1, 0.15) is 12.4 Å². The van der Waals surface area contributed by atoms with Crippen LogP contribution in [-0.4, -0.2) is 11.2 Å². The normalized spacial score (nSPS) is 12.2. The summed E-state index contributed by atoms with van der Waals surface area (Å²) in [6, 6.07) is 16.2. The second-order valence-corrected chi connectivity index (χ2v) is 4.97. The van der Waals surface area contributed by atoms with E-state index >= 15 is 0 Å². The maximum Gasteiger partial charge on any atom is 0.119 e. The molecule has 0 spiro atoms. The lowest BCUT2D eigenvalue weighted by molar-refractivity contribution is 0.195. The molecule has 1 atom stereocenters. The Hall–Kier alpha value is -1.80. The van der Waals surface area contributed by atoms with Gasteiger partial charge < -0.3 is 9.84 Å². The molecule has 0 aliphatic rings. The smallest absolute Gasteiger partial charge is 0.119 e. The predicted molar refractivity (Wildman–Crippen MR) is 77.3 cm³/mol. The Morgan fingerprint density at radius 1 is 1.05 bits per heavy atom. The first-order chi connectivity index (χ1) is 9.13. The van der Waals surface area contributed by atoms with E-state index < -0.39 is 0 Å². The van der Waals surface area contributed by atoms with Crippen LogP contribution in [0.5, 0.6) is 5.75 Å². The molecule has 1 N–H and O–H groups in total. The molecule has 1 unspecified atom stereocenters. The highest BCUT2D eigenvalue weighted by atomic mass is 16.5. The third kappa shape index (κ3) is 4.42. The summed E-state index contributed by atoms with van der Waals surface area (Å²) in [5.74, 6) is 0.857. The fourth-order valence-electron chi connectivity index (χ4n) is 2.03. The summed E-state index contributed by atoms with van der Waals surface area (Å²) in [4.78, 5) is 0. The Morgan fingerprint density at radius 3 is 2.42 bits per heavy atom. The summed E-state index contributed by atoms with van der Waals surface area (Å²) in [6.45, 7) is 4.45. The predicted octanol–water partition coefficient (Wildman–Crippen LogP) is 3.50. The molecule has 100 valence electrons. The lowest BCUT2D eigenvalue weighted by Gasteiger charge is -2.08. The zero-order valence-corrected chi connectivity index (χ0v) is 11.5. The van der Waals surface area contributed by atoms with Crippen molar-refractivity contribution in [2.45, 2.75) is 33.0 Å². The molecule has 19 heavy (non-hydrogen) atoms. The largest absolute Gasteiger partial charge is 0.489 e. The summed E-state index contributed by atoms with van der Waals surface area (Å²) in [7, 11) is 0. The maximum atomic E-state index is 9.32. The van der Waals surface area contributed by atoms with Crippen LogP contribution in [0.1, 0.15) is 23.6 Å². The van der Waals surface area contributed by atoms with E-state index in [2.05, 4.69) is 25.1 Å². The highest BCUT2D eigenvalue weighted by molar-refractivity contribution is 5.28. The number of hydrogen-bond acceptors (Lipinski definition) is 2. The topological polar surface area (TPSA) is 29.5 Å². The first kappa shape index (κ1) is 13.6. The molecular formula is C17H20O2. The number of ether oxygens (including phenoxy) is 1. The van der Waals surface area contributed by atoms with Crippen LogP contribution < -0.4 is 4.74 Å². The summed E-state index contributed by atoms with van der Waals surface area (Å²) in [5, 5.41) is 9.32. The van der Waals surface area contributed by atoms with E-state index in [0.717, 1.165) is 11.3 Å². The minimum absolute atomic E-state index is 0.306. The minimum atomic E-state index is -0.306. The van der Waals surface area contributed by atoms with Crippen molar-refractivity contribution in [3.05, 3.63) is 65.2 Å². The molecule has 0 aromatic heterocycles. The van der Waals surface area contributed by atoms with Crippen molar-refractivity contribution in [3.8, 4) is 5.75 Å². The first-order valence-corrected chi connectivity index (χ1v) is 6.59. The lowest BCUT2D eigenvalue weighted by Crippen LogP contribution is -2.03. The molecule has 0 saturated carbocycles. The Balaban J connectivity index is 1.93. The molecule has 0 aliphatic carbocycles. The van der Waals surface area contributed by atoms with Crippen LogP contribution in [0.3, 0.4) is 0 Å². The molecule has 0 amide bonds. The van der Waals surface area contributed by atoms with Gasteiger partial charge in [-0.25, -0.2) is 0 Å². The number of aliphatic hydroxyl groups excluding tert-OH is 1. The highest BCUT2D eigenvalue weighted by Gasteiger charge is 2.00. The van der Waals surface area contributed by atoms with Crippen molar-refractivity contribution < 1.29 is 9.84 Å². The fraction of sp³-hybridized carbons (Fsp3) is 0.294. The average molecular weight is 256 g/mol. The van der Waals surface area contributed by atoms with Gasteiger partial charge in [0.2, 0.25) is 0 Å². The molecule has 2 aromatic rings. The van der Waals surface area contributed by atoms with E-state index in [1.165, 1.54) is 11.1 Å². The van der Waals surface area contributed by atoms with Gasteiger partial charge in [-0.05, 0) is 43.5 Å². The van der Waals surface area contributed by atoms with Crippen LogP contribution >= 0.6 is 0 Å². The molecule has 2 heteroatoms. The van der Waals surface area contributed by atoms with E-state index in [0.29, 0.717) is 13.0 Å². The monoisotopic (exact) mass is 256 g/mol. The van der Waals surface area contributed by atoms with Crippen molar-refractivity contribution in [3.63, 3.8) is 0 Å². The third-order valence-electron chi connectivity index (χ3n) is 2.94. The number of benzene rings is 2. The van der Waals surface area contributed by atoms with Gasteiger partial charge in [0.15, 0.2) is 0 Å². The number of aliphatic hydroxyl groups is 1. The summed E-state index contributed by atoms with van der Waals surface area (Å²) in [5.41, 5.74) is 3.54. The van der Waals surface area contributed by atoms with Crippen molar-refractivity contribution in [1.29, 1.82) is 0 Å². The fourth-order valence-corrected chi connectivity index (χ4v) is 2.03. The molecule has 2 aromatic carbocycles. The molecular weight excluding hydrogens is 236 g/mol. The number of aryl methyl sites for hydroxylation is 1. The molecule has 0 heterocycles. The number of hydrogen-bond donors (Lipinski definition) is 1. The quantitative estimate of drug-likeness (QED) is 0.887. The molecule has 0 radical (unpaired) electrons. The number of rotatable bonds is 5. The van der Waals surface area contributed by atoms with Crippen molar-refractivity contribution in [2.24, 2.45) is 0 Å². The van der Waals surface area contributed by atoms with Gasteiger partial charge in [0.05, 0.1) is 6.10 Å². The van der Waals surface area contributed by atoms with Crippen LogP contribution in [0.15, 0.2) is 48.5 Å². The second kappa shape index (κ2) is 6.39. The van der Waals surface area contributed by atoms with Crippen LogP contribution in [0.4, 0.5) is 0 Å². The van der Waals surface area contributed by atoms with Gasteiger partial charge in [-0.15, -0.1) is 0 Å². The van der Waals surface area contributed by atoms with Gasteiger partial charge in [-0.1, -0.05) is 42.0 Å². The molecule has 2 nitrogen and oxygen atoms in total. The SMILES string of the molecule is Cc1cccc(COc2ccc(CC(C)O)cc2)c1. The van der Waals surface area contributed by atoms with E-state index in [9.17, 15) is 5.11 Å². The zero-order valence-electron chi connectivity index (χ0n) is 11.5. The summed E-state index contributed by atoms with van der Waals surface area (Å²) < 4.78 is 5.74. The van der Waals surface area contributed by atoms with Crippen LogP contribution in [0.25, 0.3) is 0 Å². The molecule has 0 aliphatic heterocycles. The van der Waals surface area contributed by atoms with Crippen molar-refractivity contribution in [1.82, 2.24) is 0 Å². The Labute approximate surface area is 114 Å². The van der Waals surface area contributed by atoms with Crippen LogP contribution in [0.2, 0.25) is 0 Å². The molecule has 0 bridgehead atoms. The Bertz CT molecular complexity index is 515. The summed E-state index contributed by atoms with van der Waals surface area (Å²) in [6.07, 6.45) is 0.372. The van der Waals surface area contributed by atoms with E-state index in [1.54, 1.807) is 6.92 Å². The average Bonchev–Trinajstić information content (AvgIpc) is 2.37. The van der Waals surface area contributed by atoms with Crippen LogP contribution in [0, 0.1) is 6.92 Å².